The van der Waals surface area contributed by atoms with E-state index in [1.165, 1.54) is 32.1 Å². The lowest BCUT2D eigenvalue weighted by Gasteiger charge is -2.37. The molecule has 0 amide bonds. The molecule has 1 unspecified atom stereocenters. The van der Waals surface area contributed by atoms with Crippen molar-refractivity contribution >= 4 is 0 Å². The molecule has 0 aromatic heterocycles. The normalized spacial score (nSPS) is 25.2. The van der Waals surface area contributed by atoms with Crippen molar-refractivity contribution in [1.82, 2.24) is 0 Å². The Hall–Kier alpha value is -0.0400. The Kier molecular flexibility index (Phi) is 3.57. The zero-order chi connectivity index (χ0) is 9.03. The Morgan fingerprint density at radius 3 is 2.25 bits per heavy atom. The molecule has 0 aromatic carbocycles. The molecule has 1 heteroatoms. The highest BCUT2D eigenvalue weighted by Gasteiger charge is 2.32. The van der Waals surface area contributed by atoms with Crippen LogP contribution in [0.5, 0.6) is 0 Å². The number of aliphatic hydroxyl groups is 1. The van der Waals surface area contributed by atoms with Crippen molar-refractivity contribution < 1.29 is 5.11 Å². The van der Waals surface area contributed by atoms with E-state index in [-0.39, 0.29) is 5.41 Å². The maximum absolute atomic E-state index is 9.34. The van der Waals surface area contributed by atoms with Gasteiger partial charge in [0.2, 0.25) is 0 Å². The van der Waals surface area contributed by atoms with Crippen molar-refractivity contribution in [2.75, 3.05) is 6.61 Å². The molecule has 72 valence electrons. The van der Waals surface area contributed by atoms with Gasteiger partial charge in [0.1, 0.15) is 0 Å². The van der Waals surface area contributed by atoms with Crippen LogP contribution in [0, 0.1) is 11.3 Å². The Morgan fingerprint density at radius 2 is 1.83 bits per heavy atom. The molecule has 1 saturated carbocycles. The molecule has 1 aliphatic rings. The van der Waals surface area contributed by atoms with Gasteiger partial charge in [0.25, 0.3) is 0 Å². The van der Waals surface area contributed by atoms with Gasteiger partial charge in [0.05, 0.1) is 0 Å². The van der Waals surface area contributed by atoms with Gasteiger partial charge in [-0.05, 0) is 30.6 Å². The predicted octanol–water partition coefficient (Wildman–Crippen LogP) is 2.98. The van der Waals surface area contributed by atoms with Crippen molar-refractivity contribution in [3.05, 3.63) is 0 Å². The van der Waals surface area contributed by atoms with Crippen LogP contribution in [0.1, 0.15) is 52.4 Å². The van der Waals surface area contributed by atoms with Crippen LogP contribution < -0.4 is 0 Å². The van der Waals surface area contributed by atoms with Crippen LogP contribution in [0.15, 0.2) is 0 Å². The molecule has 1 aliphatic carbocycles. The van der Waals surface area contributed by atoms with Crippen LogP contribution in [-0.2, 0) is 0 Å². The van der Waals surface area contributed by atoms with Crippen LogP contribution in [0.25, 0.3) is 0 Å². The van der Waals surface area contributed by atoms with Crippen molar-refractivity contribution in [3.8, 4) is 0 Å². The summed E-state index contributed by atoms with van der Waals surface area (Å²) >= 11 is 0. The lowest BCUT2D eigenvalue weighted by atomic mass is 9.69. The topological polar surface area (TPSA) is 20.2 Å². The van der Waals surface area contributed by atoms with Crippen molar-refractivity contribution in [3.63, 3.8) is 0 Å². The molecular weight excluding hydrogens is 148 g/mol. The first-order valence-electron chi connectivity index (χ1n) is 5.34. The van der Waals surface area contributed by atoms with Gasteiger partial charge in [0.15, 0.2) is 0 Å². The van der Waals surface area contributed by atoms with E-state index < -0.39 is 0 Å². The van der Waals surface area contributed by atoms with E-state index in [1.54, 1.807) is 0 Å². The second kappa shape index (κ2) is 4.27. The van der Waals surface area contributed by atoms with Gasteiger partial charge in [0, 0.05) is 6.61 Å². The summed E-state index contributed by atoms with van der Waals surface area (Å²) in [6.07, 6.45) is 7.95. The fraction of sp³-hybridized carbons (Fsp3) is 1.00. The maximum atomic E-state index is 9.34. The van der Waals surface area contributed by atoms with Crippen LogP contribution in [0.3, 0.4) is 0 Å². The first kappa shape index (κ1) is 10.0. The van der Waals surface area contributed by atoms with Crippen molar-refractivity contribution in [2.45, 2.75) is 52.4 Å². The molecule has 0 aliphatic heterocycles. The fourth-order valence-electron chi connectivity index (χ4n) is 2.33. The highest BCUT2D eigenvalue weighted by atomic mass is 16.3. The van der Waals surface area contributed by atoms with E-state index in [4.69, 9.17) is 0 Å². The molecule has 1 nitrogen and oxygen atoms in total. The van der Waals surface area contributed by atoms with E-state index in [2.05, 4.69) is 13.8 Å². The Balaban J connectivity index is 2.51. The molecule has 1 N–H and O–H groups in total. The Morgan fingerprint density at radius 1 is 1.25 bits per heavy atom. The lowest BCUT2D eigenvalue weighted by molar-refractivity contribution is 0.0528. The van der Waals surface area contributed by atoms with E-state index in [1.807, 2.05) is 0 Å². The molecular formula is C11H22O. The minimum atomic E-state index is 0.209. The molecule has 12 heavy (non-hydrogen) atoms. The number of hydrogen-bond donors (Lipinski definition) is 1. The molecule has 0 saturated heterocycles. The number of hydrogen-bond acceptors (Lipinski definition) is 1. The SMILES string of the molecule is CCC(C)(CO)C1CCCCC1. The highest BCUT2D eigenvalue weighted by molar-refractivity contribution is 4.82. The van der Waals surface area contributed by atoms with Gasteiger partial charge < -0.3 is 5.11 Å². The van der Waals surface area contributed by atoms with E-state index >= 15 is 0 Å². The molecule has 0 radical (unpaired) electrons. The third-order valence-corrected chi connectivity index (χ3v) is 3.76. The van der Waals surface area contributed by atoms with E-state index in [9.17, 15) is 5.11 Å². The summed E-state index contributed by atoms with van der Waals surface area (Å²) in [5.41, 5.74) is 0.209. The smallest absolute Gasteiger partial charge is 0.0487 e. The Bertz CT molecular complexity index is 121. The predicted molar refractivity (Wildman–Crippen MR) is 52.1 cm³/mol. The summed E-state index contributed by atoms with van der Waals surface area (Å²) in [6, 6.07) is 0. The third kappa shape index (κ3) is 2.01. The number of aliphatic hydroxyl groups excluding tert-OH is 1. The quantitative estimate of drug-likeness (QED) is 0.690. The standard InChI is InChI=1S/C11H22O/c1-3-11(2,9-12)10-7-5-4-6-8-10/h10,12H,3-9H2,1-2H3. The highest BCUT2D eigenvalue weighted by Crippen LogP contribution is 2.40. The largest absolute Gasteiger partial charge is 0.396 e. The maximum Gasteiger partial charge on any atom is 0.0487 e. The summed E-state index contributed by atoms with van der Waals surface area (Å²) in [4.78, 5) is 0. The van der Waals surface area contributed by atoms with Gasteiger partial charge in [-0.15, -0.1) is 0 Å². The summed E-state index contributed by atoms with van der Waals surface area (Å²) in [6.45, 7) is 4.81. The van der Waals surface area contributed by atoms with Crippen LogP contribution in [-0.4, -0.2) is 11.7 Å². The Labute approximate surface area is 76.2 Å². The first-order valence-corrected chi connectivity index (χ1v) is 5.34. The van der Waals surface area contributed by atoms with Gasteiger partial charge in [-0.2, -0.15) is 0 Å². The third-order valence-electron chi connectivity index (χ3n) is 3.76. The van der Waals surface area contributed by atoms with Crippen LogP contribution in [0.2, 0.25) is 0 Å². The summed E-state index contributed by atoms with van der Waals surface area (Å²) in [7, 11) is 0. The minimum Gasteiger partial charge on any atom is -0.396 e. The monoisotopic (exact) mass is 170 g/mol. The molecule has 1 fully saturated rings. The molecule has 0 spiro atoms. The average molecular weight is 170 g/mol. The summed E-state index contributed by atoms with van der Waals surface area (Å²) in [5, 5.41) is 9.34. The van der Waals surface area contributed by atoms with Crippen molar-refractivity contribution in [1.29, 1.82) is 0 Å². The second-order valence-electron chi connectivity index (χ2n) is 4.50. The van der Waals surface area contributed by atoms with Gasteiger partial charge in [-0.1, -0.05) is 33.1 Å². The molecule has 0 aromatic rings. The van der Waals surface area contributed by atoms with E-state index in [0.29, 0.717) is 6.61 Å². The van der Waals surface area contributed by atoms with Crippen LogP contribution >= 0.6 is 0 Å². The molecule has 0 heterocycles. The van der Waals surface area contributed by atoms with E-state index in [0.717, 1.165) is 12.3 Å². The number of rotatable bonds is 3. The lowest BCUT2D eigenvalue weighted by Crippen LogP contribution is -2.32. The van der Waals surface area contributed by atoms with Gasteiger partial charge in [-0.3, -0.25) is 0 Å². The molecule has 1 rings (SSSR count). The summed E-state index contributed by atoms with van der Waals surface area (Å²) in [5.74, 6) is 0.779. The molecule has 0 bridgehead atoms. The zero-order valence-corrected chi connectivity index (χ0v) is 8.47. The van der Waals surface area contributed by atoms with Gasteiger partial charge >= 0.3 is 0 Å². The van der Waals surface area contributed by atoms with Crippen molar-refractivity contribution in [2.24, 2.45) is 11.3 Å². The van der Waals surface area contributed by atoms with Gasteiger partial charge in [-0.25, -0.2) is 0 Å². The zero-order valence-electron chi connectivity index (χ0n) is 8.47. The first-order chi connectivity index (χ1) is 5.73. The summed E-state index contributed by atoms with van der Waals surface area (Å²) < 4.78 is 0. The minimum absolute atomic E-state index is 0.209. The average Bonchev–Trinajstić information content (AvgIpc) is 2.18. The fourth-order valence-corrected chi connectivity index (χ4v) is 2.33. The molecule has 1 atom stereocenters. The van der Waals surface area contributed by atoms with Crippen LogP contribution in [0.4, 0.5) is 0 Å². The second-order valence-corrected chi connectivity index (χ2v) is 4.50.